The van der Waals surface area contributed by atoms with E-state index in [1.807, 2.05) is 12.1 Å². The number of imidazole rings is 1. The van der Waals surface area contributed by atoms with E-state index < -0.39 is 0 Å². The highest BCUT2D eigenvalue weighted by molar-refractivity contribution is 5.72. The normalized spacial score (nSPS) is 9.85. The number of rotatable bonds is 2. The second-order valence-electron chi connectivity index (χ2n) is 2.52. The van der Waals surface area contributed by atoms with Crippen molar-refractivity contribution in [3.8, 4) is 5.69 Å². The average molecular weight is 173 g/mol. The molecule has 64 valence electrons. The van der Waals surface area contributed by atoms with Crippen LogP contribution in [0.15, 0.2) is 37.1 Å². The van der Waals surface area contributed by atoms with Crippen LogP contribution in [0.1, 0.15) is 10.5 Å². The molecule has 4 heteroatoms. The molecule has 0 aliphatic carbocycles. The van der Waals surface area contributed by atoms with Gasteiger partial charge in [-0.3, -0.25) is 14.3 Å². The second kappa shape index (κ2) is 3.18. The van der Waals surface area contributed by atoms with E-state index in [2.05, 4.69) is 9.97 Å². The lowest BCUT2D eigenvalue weighted by molar-refractivity contribution is 0.111. The predicted molar refractivity (Wildman–Crippen MR) is 46.7 cm³/mol. The number of nitrogens with zero attached hydrogens (tertiary/aromatic N) is 3. The van der Waals surface area contributed by atoms with Crippen LogP contribution in [0.3, 0.4) is 0 Å². The van der Waals surface area contributed by atoms with E-state index in [0.29, 0.717) is 5.69 Å². The maximum Gasteiger partial charge on any atom is 0.168 e. The molecule has 13 heavy (non-hydrogen) atoms. The van der Waals surface area contributed by atoms with Crippen molar-refractivity contribution in [3.63, 3.8) is 0 Å². The van der Waals surface area contributed by atoms with E-state index in [9.17, 15) is 4.79 Å². The molecule has 0 atom stereocenters. The number of aromatic nitrogens is 3. The van der Waals surface area contributed by atoms with Gasteiger partial charge in [0.1, 0.15) is 5.69 Å². The molecular formula is C9H7N3O. The Bertz CT molecular complexity index is 408. The van der Waals surface area contributed by atoms with Crippen LogP contribution >= 0.6 is 0 Å². The third-order valence-electron chi connectivity index (χ3n) is 1.71. The Morgan fingerprint density at radius 3 is 2.92 bits per heavy atom. The lowest BCUT2D eigenvalue weighted by Gasteiger charge is -2.01. The summed E-state index contributed by atoms with van der Waals surface area (Å²) >= 11 is 0. The van der Waals surface area contributed by atoms with Crippen LogP contribution in [0.5, 0.6) is 0 Å². The molecule has 0 bridgehead atoms. The quantitative estimate of drug-likeness (QED) is 0.638. The Labute approximate surface area is 74.9 Å². The third-order valence-corrected chi connectivity index (χ3v) is 1.71. The number of hydrogen-bond acceptors (Lipinski definition) is 3. The van der Waals surface area contributed by atoms with Crippen molar-refractivity contribution < 1.29 is 4.79 Å². The van der Waals surface area contributed by atoms with Gasteiger partial charge < -0.3 is 0 Å². The maximum atomic E-state index is 10.6. The Morgan fingerprint density at radius 2 is 2.23 bits per heavy atom. The summed E-state index contributed by atoms with van der Waals surface area (Å²) in [5.41, 5.74) is 1.36. The van der Waals surface area contributed by atoms with E-state index in [-0.39, 0.29) is 0 Å². The zero-order chi connectivity index (χ0) is 9.10. The Morgan fingerprint density at radius 1 is 1.31 bits per heavy atom. The first-order valence-electron chi connectivity index (χ1n) is 3.80. The Hall–Kier alpha value is -1.97. The van der Waals surface area contributed by atoms with Gasteiger partial charge in [0.25, 0.3) is 0 Å². The van der Waals surface area contributed by atoms with Crippen LogP contribution in [0, 0.1) is 0 Å². The highest BCUT2D eigenvalue weighted by Gasteiger charge is 2.01. The molecule has 0 aromatic carbocycles. The summed E-state index contributed by atoms with van der Waals surface area (Å²) in [7, 11) is 0. The second-order valence-corrected chi connectivity index (χ2v) is 2.52. The van der Waals surface area contributed by atoms with E-state index in [0.717, 1.165) is 12.0 Å². The van der Waals surface area contributed by atoms with E-state index >= 15 is 0 Å². The summed E-state index contributed by atoms with van der Waals surface area (Å²) in [5.74, 6) is 0. The zero-order valence-corrected chi connectivity index (χ0v) is 6.79. The van der Waals surface area contributed by atoms with E-state index in [1.54, 1.807) is 23.3 Å². The number of carbonyl (C=O) groups is 1. The van der Waals surface area contributed by atoms with Crippen molar-refractivity contribution in [2.24, 2.45) is 0 Å². The minimum Gasteiger partial charge on any atom is -0.296 e. The summed E-state index contributed by atoms with van der Waals surface area (Å²) in [4.78, 5) is 18.4. The Balaban J connectivity index is 2.52. The molecule has 0 fully saturated rings. The predicted octanol–water partition coefficient (Wildman–Crippen LogP) is 1.08. The molecule has 2 heterocycles. The van der Waals surface area contributed by atoms with Crippen LogP contribution in [-0.2, 0) is 0 Å². The van der Waals surface area contributed by atoms with Crippen LogP contribution in [0.4, 0.5) is 0 Å². The van der Waals surface area contributed by atoms with Gasteiger partial charge in [-0.2, -0.15) is 0 Å². The summed E-state index contributed by atoms with van der Waals surface area (Å²) < 4.78 is 1.68. The largest absolute Gasteiger partial charge is 0.296 e. The molecule has 2 rings (SSSR count). The van der Waals surface area contributed by atoms with Gasteiger partial charge in [-0.15, -0.1) is 0 Å². The SMILES string of the molecule is O=Cc1cncn1-c1cccnc1. The van der Waals surface area contributed by atoms with Gasteiger partial charge in [0.05, 0.1) is 24.4 Å². The average Bonchev–Trinajstić information content (AvgIpc) is 2.67. The third kappa shape index (κ3) is 1.33. The topological polar surface area (TPSA) is 47.8 Å². The zero-order valence-electron chi connectivity index (χ0n) is 6.79. The lowest BCUT2D eigenvalue weighted by Crippen LogP contribution is -1.97. The fraction of sp³-hybridized carbons (Fsp3) is 0. The van der Waals surface area contributed by atoms with Gasteiger partial charge in [0.15, 0.2) is 6.29 Å². The number of aldehydes is 1. The maximum absolute atomic E-state index is 10.6. The fourth-order valence-electron chi connectivity index (χ4n) is 1.10. The first-order valence-corrected chi connectivity index (χ1v) is 3.80. The first kappa shape index (κ1) is 7.67. The summed E-state index contributed by atoms with van der Waals surface area (Å²) in [6, 6.07) is 3.67. The molecule has 0 saturated carbocycles. The molecule has 0 unspecified atom stereocenters. The van der Waals surface area contributed by atoms with Crippen LogP contribution in [0.2, 0.25) is 0 Å². The number of hydrogen-bond donors (Lipinski definition) is 0. The first-order chi connectivity index (χ1) is 6.42. The molecule has 0 aliphatic heterocycles. The molecule has 0 aliphatic rings. The summed E-state index contributed by atoms with van der Waals surface area (Å²) in [6.45, 7) is 0. The van der Waals surface area contributed by atoms with Gasteiger partial charge in [-0.25, -0.2) is 4.98 Å². The van der Waals surface area contributed by atoms with Gasteiger partial charge in [-0.1, -0.05) is 0 Å². The minimum absolute atomic E-state index is 0.521. The standard InChI is InChI=1S/C9H7N3O/c13-6-9-5-11-7-12(9)8-2-1-3-10-4-8/h1-7H. The van der Waals surface area contributed by atoms with Crippen molar-refractivity contribution >= 4 is 6.29 Å². The van der Waals surface area contributed by atoms with Crippen LogP contribution in [-0.4, -0.2) is 20.8 Å². The van der Waals surface area contributed by atoms with Crippen LogP contribution < -0.4 is 0 Å². The molecule has 0 radical (unpaired) electrons. The van der Waals surface area contributed by atoms with Gasteiger partial charge in [0.2, 0.25) is 0 Å². The summed E-state index contributed by atoms with van der Waals surface area (Å²) in [6.07, 6.45) is 7.22. The number of pyridine rings is 1. The van der Waals surface area contributed by atoms with Crippen molar-refractivity contribution in [1.82, 2.24) is 14.5 Å². The molecule has 2 aromatic heterocycles. The molecule has 0 amide bonds. The highest BCUT2D eigenvalue weighted by Crippen LogP contribution is 2.06. The highest BCUT2D eigenvalue weighted by atomic mass is 16.1. The number of carbonyl (C=O) groups excluding carboxylic acids is 1. The molecule has 0 N–H and O–H groups in total. The van der Waals surface area contributed by atoms with Crippen LogP contribution in [0.25, 0.3) is 5.69 Å². The van der Waals surface area contributed by atoms with Crippen molar-refractivity contribution in [3.05, 3.63) is 42.7 Å². The van der Waals surface area contributed by atoms with Crippen molar-refractivity contribution in [2.75, 3.05) is 0 Å². The van der Waals surface area contributed by atoms with Gasteiger partial charge >= 0.3 is 0 Å². The molecule has 4 nitrogen and oxygen atoms in total. The molecule has 0 spiro atoms. The molecular weight excluding hydrogens is 166 g/mol. The fourth-order valence-corrected chi connectivity index (χ4v) is 1.10. The molecule has 0 saturated heterocycles. The van der Waals surface area contributed by atoms with E-state index in [4.69, 9.17) is 0 Å². The van der Waals surface area contributed by atoms with Gasteiger partial charge in [0, 0.05) is 6.20 Å². The lowest BCUT2D eigenvalue weighted by atomic mass is 10.4. The van der Waals surface area contributed by atoms with Crippen molar-refractivity contribution in [2.45, 2.75) is 0 Å². The van der Waals surface area contributed by atoms with Crippen molar-refractivity contribution in [1.29, 1.82) is 0 Å². The molecule has 2 aromatic rings. The van der Waals surface area contributed by atoms with Gasteiger partial charge in [-0.05, 0) is 12.1 Å². The minimum atomic E-state index is 0.521. The Kier molecular flexibility index (Phi) is 1.88. The smallest absolute Gasteiger partial charge is 0.168 e. The monoisotopic (exact) mass is 173 g/mol. The summed E-state index contributed by atoms with van der Waals surface area (Å²) in [5, 5.41) is 0. The van der Waals surface area contributed by atoms with E-state index in [1.165, 1.54) is 6.20 Å².